The van der Waals surface area contributed by atoms with Gasteiger partial charge < -0.3 is 0 Å². The van der Waals surface area contributed by atoms with Crippen LogP contribution < -0.4 is 0 Å². The second-order valence-corrected chi connectivity index (χ2v) is 6.45. The number of hydrogen-bond acceptors (Lipinski definition) is 3. The highest BCUT2D eigenvalue weighted by Gasteiger charge is 2.28. The van der Waals surface area contributed by atoms with Gasteiger partial charge in [0.1, 0.15) is 0 Å². The fourth-order valence-electron chi connectivity index (χ4n) is 2.34. The van der Waals surface area contributed by atoms with Gasteiger partial charge in [-0.1, -0.05) is 44.2 Å². The third-order valence-electron chi connectivity index (χ3n) is 3.91. The number of hydrogen-bond donors (Lipinski definition) is 0. The molecule has 0 aliphatic carbocycles. The van der Waals surface area contributed by atoms with Gasteiger partial charge in [-0.3, -0.25) is 4.57 Å². The normalized spacial score (nSPS) is 11.8. The molecule has 1 aromatic heterocycles. The number of halogens is 1. The van der Waals surface area contributed by atoms with Gasteiger partial charge in [0.2, 0.25) is 5.28 Å². The van der Waals surface area contributed by atoms with Crippen molar-refractivity contribution in [2.45, 2.75) is 38.0 Å². The second-order valence-electron chi connectivity index (χ2n) is 4.84. The van der Waals surface area contributed by atoms with Crippen LogP contribution in [0.25, 0.3) is 11.4 Å². The molecular formula is C15H20ClN3S. The van der Waals surface area contributed by atoms with Crippen LogP contribution in [0.3, 0.4) is 0 Å². The quantitative estimate of drug-likeness (QED) is 0.786. The van der Waals surface area contributed by atoms with Crippen molar-refractivity contribution in [3.8, 4) is 11.4 Å². The van der Waals surface area contributed by atoms with Crippen molar-refractivity contribution >= 4 is 23.4 Å². The molecule has 20 heavy (non-hydrogen) atoms. The second kappa shape index (κ2) is 6.64. The van der Waals surface area contributed by atoms with E-state index in [4.69, 9.17) is 11.6 Å². The summed E-state index contributed by atoms with van der Waals surface area (Å²) in [5, 5.41) is 8.76. The van der Waals surface area contributed by atoms with E-state index in [0.29, 0.717) is 5.28 Å². The van der Waals surface area contributed by atoms with E-state index >= 15 is 0 Å². The Labute approximate surface area is 129 Å². The first-order chi connectivity index (χ1) is 9.65. The Morgan fingerprint density at radius 3 is 2.35 bits per heavy atom. The lowest BCUT2D eigenvalue weighted by atomic mass is 10.0. The molecule has 0 radical (unpaired) electrons. The smallest absolute Gasteiger partial charge is 0.225 e. The van der Waals surface area contributed by atoms with Crippen molar-refractivity contribution in [2.24, 2.45) is 0 Å². The van der Waals surface area contributed by atoms with Crippen molar-refractivity contribution in [1.29, 1.82) is 0 Å². The van der Waals surface area contributed by atoms with E-state index < -0.39 is 0 Å². The first-order valence-corrected chi connectivity index (χ1v) is 8.45. The number of thioether (sulfide) groups is 1. The van der Waals surface area contributed by atoms with Gasteiger partial charge >= 0.3 is 0 Å². The summed E-state index contributed by atoms with van der Waals surface area (Å²) < 4.78 is 2.20. The van der Waals surface area contributed by atoms with Gasteiger partial charge in [-0.2, -0.15) is 11.8 Å². The zero-order valence-electron chi connectivity index (χ0n) is 12.1. The van der Waals surface area contributed by atoms with E-state index in [1.807, 2.05) is 46.7 Å². The Morgan fingerprint density at radius 2 is 1.80 bits per heavy atom. The molecule has 2 aromatic rings. The zero-order valence-corrected chi connectivity index (χ0v) is 13.7. The van der Waals surface area contributed by atoms with E-state index in [2.05, 4.69) is 30.3 Å². The molecule has 0 saturated heterocycles. The van der Waals surface area contributed by atoms with Crippen molar-refractivity contribution in [3.05, 3.63) is 35.6 Å². The minimum absolute atomic E-state index is 0.176. The van der Waals surface area contributed by atoms with E-state index in [1.165, 1.54) is 0 Å². The molecule has 0 unspecified atom stereocenters. The summed E-state index contributed by atoms with van der Waals surface area (Å²) >= 11 is 8.15. The zero-order chi connectivity index (χ0) is 14.6. The highest BCUT2D eigenvalue weighted by Crippen LogP contribution is 2.34. The van der Waals surface area contributed by atoms with Crippen LogP contribution in [0.5, 0.6) is 0 Å². The fraction of sp³-hybridized carbons (Fsp3) is 0.467. The van der Waals surface area contributed by atoms with E-state index in [0.717, 1.165) is 30.8 Å². The third-order valence-corrected chi connectivity index (χ3v) is 5.76. The van der Waals surface area contributed by atoms with E-state index in [1.54, 1.807) is 0 Å². The minimum Gasteiger partial charge on any atom is -0.296 e. The van der Waals surface area contributed by atoms with Crippen molar-refractivity contribution in [3.63, 3.8) is 0 Å². The van der Waals surface area contributed by atoms with Gasteiger partial charge in [-0.15, -0.1) is 10.2 Å². The number of benzene rings is 1. The SMILES string of the molecule is CCC(CC)(Cn1c(Cl)nnc1-c1ccccc1)SC. The largest absolute Gasteiger partial charge is 0.296 e. The van der Waals surface area contributed by atoms with Crippen LogP contribution in [0.2, 0.25) is 5.28 Å². The van der Waals surface area contributed by atoms with E-state index in [-0.39, 0.29) is 4.75 Å². The number of rotatable bonds is 6. The Bertz CT molecular complexity index is 541. The van der Waals surface area contributed by atoms with Crippen molar-refractivity contribution in [1.82, 2.24) is 14.8 Å². The molecule has 0 N–H and O–H groups in total. The van der Waals surface area contributed by atoms with Crippen LogP contribution in [-0.4, -0.2) is 25.8 Å². The van der Waals surface area contributed by atoms with Crippen LogP contribution >= 0.6 is 23.4 Å². The molecule has 3 nitrogen and oxygen atoms in total. The summed E-state index contributed by atoms with van der Waals surface area (Å²) in [6.07, 6.45) is 4.34. The summed E-state index contributed by atoms with van der Waals surface area (Å²) in [5.74, 6) is 0.843. The molecule has 0 aliphatic rings. The molecule has 2 rings (SSSR count). The van der Waals surface area contributed by atoms with Crippen LogP contribution in [0, 0.1) is 0 Å². The fourth-order valence-corrected chi connectivity index (χ4v) is 3.35. The number of aromatic nitrogens is 3. The predicted molar refractivity (Wildman–Crippen MR) is 87.3 cm³/mol. The molecule has 0 spiro atoms. The lowest BCUT2D eigenvalue weighted by Crippen LogP contribution is -2.29. The van der Waals surface area contributed by atoms with Crippen molar-refractivity contribution < 1.29 is 0 Å². The van der Waals surface area contributed by atoms with Gasteiger partial charge in [0, 0.05) is 16.9 Å². The van der Waals surface area contributed by atoms with Crippen LogP contribution in [-0.2, 0) is 6.54 Å². The molecule has 0 amide bonds. The maximum atomic E-state index is 6.25. The summed E-state index contributed by atoms with van der Waals surface area (Å²) in [4.78, 5) is 0. The van der Waals surface area contributed by atoms with Crippen LogP contribution in [0.1, 0.15) is 26.7 Å². The first kappa shape index (κ1) is 15.4. The standard InChI is InChI=1S/C15H20ClN3S/c1-4-15(5-2,20-3)11-19-13(17-18-14(19)16)12-9-7-6-8-10-12/h6-10H,4-5,11H2,1-3H3. The summed E-state index contributed by atoms with van der Waals surface area (Å²) in [6, 6.07) is 10.1. The summed E-state index contributed by atoms with van der Waals surface area (Å²) in [5.41, 5.74) is 1.05. The molecule has 1 heterocycles. The van der Waals surface area contributed by atoms with Crippen LogP contribution in [0.15, 0.2) is 30.3 Å². The minimum atomic E-state index is 0.176. The van der Waals surface area contributed by atoms with Gasteiger partial charge in [0.25, 0.3) is 0 Å². The molecule has 0 saturated carbocycles. The lowest BCUT2D eigenvalue weighted by Gasteiger charge is -2.30. The average Bonchev–Trinajstić information content (AvgIpc) is 2.87. The Balaban J connectivity index is 2.40. The molecule has 0 bridgehead atoms. The van der Waals surface area contributed by atoms with Gasteiger partial charge in [-0.05, 0) is 30.7 Å². The van der Waals surface area contributed by atoms with Gasteiger partial charge in [0.15, 0.2) is 5.82 Å². The Hall–Kier alpha value is -1.00. The molecule has 1 aromatic carbocycles. The van der Waals surface area contributed by atoms with Crippen molar-refractivity contribution in [2.75, 3.05) is 6.26 Å². The monoisotopic (exact) mass is 309 g/mol. The summed E-state index contributed by atoms with van der Waals surface area (Å²) in [7, 11) is 0. The molecule has 5 heteroatoms. The van der Waals surface area contributed by atoms with E-state index in [9.17, 15) is 0 Å². The summed E-state index contributed by atoms with van der Waals surface area (Å²) in [6.45, 7) is 5.28. The lowest BCUT2D eigenvalue weighted by molar-refractivity contribution is 0.468. The Morgan fingerprint density at radius 1 is 1.15 bits per heavy atom. The molecule has 0 fully saturated rings. The maximum absolute atomic E-state index is 6.25. The molecule has 0 aliphatic heterocycles. The van der Waals surface area contributed by atoms with Gasteiger partial charge in [0.05, 0.1) is 0 Å². The first-order valence-electron chi connectivity index (χ1n) is 6.85. The maximum Gasteiger partial charge on any atom is 0.225 e. The topological polar surface area (TPSA) is 30.7 Å². The average molecular weight is 310 g/mol. The highest BCUT2D eigenvalue weighted by atomic mass is 35.5. The van der Waals surface area contributed by atoms with Gasteiger partial charge in [-0.25, -0.2) is 0 Å². The molecule has 0 atom stereocenters. The number of nitrogens with zero attached hydrogens (tertiary/aromatic N) is 3. The highest BCUT2D eigenvalue weighted by molar-refractivity contribution is 8.00. The third kappa shape index (κ3) is 3.01. The molecule has 108 valence electrons. The molecular weight excluding hydrogens is 290 g/mol. The van der Waals surface area contributed by atoms with Crippen LogP contribution in [0.4, 0.5) is 0 Å². The predicted octanol–water partition coefficient (Wildman–Crippen LogP) is 4.52. The Kier molecular flexibility index (Phi) is 5.11.